The molecule has 0 spiro atoms. The lowest BCUT2D eigenvalue weighted by Gasteiger charge is -2.31. The van der Waals surface area contributed by atoms with Gasteiger partial charge in [0.05, 0.1) is 5.92 Å². The van der Waals surface area contributed by atoms with Gasteiger partial charge in [-0.1, -0.05) is 41.1 Å². The molecule has 37 heavy (non-hydrogen) atoms. The maximum atomic E-state index is 13.8. The topological polar surface area (TPSA) is 92.5 Å². The third kappa shape index (κ3) is 5.55. The molecule has 0 saturated carbocycles. The van der Waals surface area contributed by atoms with Crippen molar-refractivity contribution < 1.29 is 17.7 Å². The number of rotatable bonds is 6. The molecule has 1 N–H and O–H groups in total. The number of benzene rings is 2. The second-order valence-electron chi connectivity index (χ2n) is 10.0. The summed E-state index contributed by atoms with van der Waals surface area (Å²) in [5.74, 6) is -0.416. The molecule has 1 atom stereocenters. The average Bonchev–Trinajstić information content (AvgIpc) is 3.22. The molecular formula is C29H35N3O4S. The van der Waals surface area contributed by atoms with Gasteiger partial charge in [0, 0.05) is 18.8 Å². The lowest BCUT2D eigenvalue weighted by molar-refractivity contribution is -0.120. The number of carbonyl (C=O) groups excluding carboxylic acids is 1. The number of amides is 1. The molecule has 1 saturated heterocycles. The molecule has 7 nitrogen and oxygen atoms in total. The molecule has 1 amide bonds. The van der Waals surface area contributed by atoms with E-state index in [9.17, 15) is 13.2 Å². The van der Waals surface area contributed by atoms with Crippen LogP contribution in [0.2, 0.25) is 0 Å². The fourth-order valence-corrected chi connectivity index (χ4v) is 6.81. The van der Waals surface area contributed by atoms with Crippen molar-refractivity contribution in [3.63, 3.8) is 0 Å². The van der Waals surface area contributed by atoms with Crippen molar-refractivity contribution in [1.82, 2.24) is 9.46 Å². The third-order valence-corrected chi connectivity index (χ3v) is 9.21. The first-order chi connectivity index (χ1) is 17.5. The number of sulfonamides is 1. The Morgan fingerprint density at radius 2 is 1.76 bits per heavy atom. The lowest BCUT2D eigenvalue weighted by atomic mass is 9.98. The molecule has 1 aliphatic heterocycles. The van der Waals surface area contributed by atoms with Crippen molar-refractivity contribution >= 4 is 33.8 Å². The van der Waals surface area contributed by atoms with Crippen molar-refractivity contribution in [3.8, 4) is 0 Å². The summed E-state index contributed by atoms with van der Waals surface area (Å²) in [5.41, 5.74) is 7.55. The van der Waals surface area contributed by atoms with Crippen LogP contribution in [0.25, 0.3) is 12.2 Å². The van der Waals surface area contributed by atoms with E-state index in [1.807, 2.05) is 58.9 Å². The van der Waals surface area contributed by atoms with Gasteiger partial charge in [0.1, 0.15) is 5.69 Å². The van der Waals surface area contributed by atoms with Crippen LogP contribution in [0.15, 0.2) is 39.8 Å². The largest absolute Gasteiger partial charge is 0.355 e. The van der Waals surface area contributed by atoms with E-state index in [2.05, 4.69) is 22.6 Å². The standard InChI is InChI=1S/C29H35N3O4S/c1-18-15-20(3)25(21(4)16-18)12-13-27-28(23(6)31-36-27)37(34,35)32-14-8-10-24(17-32)29(33)30-26-11-7-9-19(2)22(26)5/h7,9,11-13,15-16,24H,8,10,14,17H2,1-6H3,(H,30,33)/b13-12+/t24-/m0/s1. The molecule has 1 aromatic heterocycles. The molecule has 2 aromatic carbocycles. The maximum Gasteiger partial charge on any atom is 0.248 e. The number of hydrogen-bond donors (Lipinski definition) is 1. The Bertz CT molecular complexity index is 1450. The maximum absolute atomic E-state index is 13.8. The molecule has 0 bridgehead atoms. The second kappa shape index (κ2) is 10.6. The van der Waals surface area contributed by atoms with Crippen molar-refractivity contribution in [2.24, 2.45) is 5.92 Å². The highest BCUT2D eigenvalue weighted by Gasteiger charge is 2.37. The summed E-state index contributed by atoms with van der Waals surface area (Å²) in [4.78, 5) is 13.2. The van der Waals surface area contributed by atoms with Crippen LogP contribution in [-0.2, 0) is 14.8 Å². The molecule has 196 valence electrons. The summed E-state index contributed by atoms with van der Waals surface area (Å²) in [7, 11) is -3.92. The van der Waals surface area contributed by atoms with Gasteiger partial charge < -0.3 is 9.84 Å². The first-order valence-electron chi connectivity index (χ1n) is 12.6. The minimum absolute atomic E-state index is 0.0572. The summed E-state index contributed by atoms with van der Waals surface area (Å²) >= 11 is 0. The van der Waals surface area contributed by atoms with E-state index in [4.69, 9.17) is 4.52 Å². The SMILES string of the molecule is Cc1cc(C)c(/C=C/c2onc(C)c2S(=O)(=O)N2CCC[C@H](C(=O)Nc3cccc(C)c3C)C2)c(C)c1. The van der Waals surface area contributed by atoms with E-state index in [-0.39, 0.29) is 23.1 Å². The molecule has 8 heteroatoms. The van der Waals surface area contributed by atoms with Crippen LogP contribution >= 0.6 is 0 Å². The smallest absolute Gasteiger partial charge is 0.248 e. The quantitative estimate of drug-likeness (QED) is 0.447. The zero-order valence-electron chi connectivity index (χ0n) is 22.4. The normalized spacial score (nSPS) is 16.9. The highest BCUT2D eigenvalue weighted by atomic mass is 32.2. The van der Waals surface area contributed by atoms with Crippen molar-refractivity contribution in [3.05, 3.63) is 75.2 Å². The van der Waals surface area contributed by atoms with Gasteiger partial charge in [-0.2, -0.15) is 4.31 Å². The zero-order valence-corrected chi connectivity index (χ0v) is 23.2. The van der Waals surface area contributed by atoms with Gasteiger partial charge in [-0.15, -0.1) is 0 Å². The van der Waals surface area contributed by atoms with E-state index in [0.29, 0.717) is 25.1 Å². The predicted octanol–water partition coefficient (Wildman–Crippen LogP) is 5.73. The van der Waals surface area contributed by atoms with E-state index in [1.54, 1.807) is 13.0 Å². The average molecular weight is 522 g/mol. The minimum Gasteiger partial charge on any atom is -0.355 e. The summed E-state index contributed by atoms with van der Waals surface area (Å²) in [5, 5.41) is 6.97. The number of carbonyl (C=O) groups is 1. The summed E-state index contributed by atoms with van der Waals surface area (Å²) in [6, 6.07) is 9.95. The molecule has 4 rings (SSSR count). The van der Waals surface area contributed by atoms with Crippen molar-refractivity contribution in [2.75, 3.05) is 18.4 Å². The number of piperidine rings is 1. The van der Waals surface area contributed by atoms with E-state index in [0.717, 1.165) is 33.5 Å². The number of aromatic nitrogens is 1. The Hall–Kier alpha value is -3.23. The van der Waals surface area contributed by atoms with Gasteiger partial charge in [0.25, 0.3) is 0 Å². The van der Waals surface area contributed by atoms with E-state index in [1.165, 1.54) is 9.87 Å². The molecule has 3 aromatic rings. The first-order valence-corrected chi connectivity index (χ1v) is 14.0. The van der Waals surface area contributed by atoms with Gasteiger partial charge in [0.2, 0.25) is 15.9 Å². The number of anilines is 1. The van der Waals surface area contributed by atoms with Crippen molar-refractivity contribution in [2.45, 2.75) is 59.3 Å². The van der Waals surface area contributed by atoms with Crippen LogP contribution in [0.5, 0.6) is 0 Å². The molecule has 1 fully saturated rings. The van der Waals surface area contributed by atoms with Crippen LogP contribution in [0.4, 0.5) is 5.69 Å². The highest BCUT2D eigenvalue weighted by molar-refractivity contribution is 7.89. The number of nitrogens with one attached hydrogen (secondary N) is 1. The van der Waals surface area contributed by atoms with Crippen LogP contribution in [0, 0.1) is 47.5 Å². The van der Waals surface area contributed by atoms with Gasteiger partial charge >= 0.3 is 0 Å². The fraction of sp³-hybridized carbons (Fsp3) is 0.379. The van der Waals surface area contributed by atoms with E-state index >= 15 is 0 Å². The Morgan fingerprint density at radius 3 is 2.46 bits per heavy atom. The molecule has 2 heterocycles. The minimum atomic E-state index is -3.92. The summed E-state index contributed by atoms with van der Waals surface area (Å²) < 4.78 is 34.4. The number of nitrogens with zero attached hydrogens (tertiary/aromatic N) is 2. The molecular weight excluding hydrogens is 486 g/mol. The summed E-state index contributed by atoms with van der Waals surface area (Å²) in [6.45, 7) is 12.2. The Balaban J connectivity index is 1.57. The molecule has 0 aliphatic carbocycles. The lowest BCUT2D eigenvalue weighted by Crippen LogP contribution is -2.44. The van der Waals surface area contributed by atoms with E-state index < -0.39 is 15.9 Å². The molecule has 0 unspecified atom stereocenters. The van der Waals surface area contributed by atoms with Crippen LogP contribution in [-0.4, -0.2) is 36.9 Å². The second-order valence-corrected chi connectivity index (χ2v) is 11.9. The number of hydrogen-bond acceptors (Lipinski definition) is 5. The highest BCUT2D eigenvalue weighted by Crippen LogP contribution is 2.30. The molecule has 0 radical (unpaired) electrons. The summed E-state index contributed by atoms with van der Waals surface area (Å²) in [6.07, 6.45) is 4.78. The van der Waals surface area contributed by atoms with Gasteiger partial charge in [-0.05, 0) is 94.3 Å². The van der Waals surface area contributed by atoms with Crippen LogP contribution in [0.1, 0.15) is 57.7 Å². The Kier molecular flexibility index (Phi) is 7.71. The van der Waals surface area contributed by atoms with Crippen molar-refractivity contribution in [1.29, 1.82) is 0 Å². The fourth-order valence-electron chi connectivity index (χ4n) is 5.04. The number of aryl methyl sites for hydroxylation is 5. The molecule has 1 aliphatic rings. The third-order valence-electron chi connectivity index (χ3n) is 7.19. The van der Waals surface area contributed by atoms with Crippen LogP contribution in [0.3, 0.4) is 0 Å². The van der Waals surface area contributed by atoms with Gasteiger partial charge in [-0.25, -0.2) is 8.42 Å². The zero-order chi connectivity index (χ0) is 26.9. The Labute approximate surface area is 219 Å². The predicted molar refractivity (Wildman–Crippen MR) is 147 cm³/mol. The van der Waals surface area contributed by atoms with Gasteiger partial charge in [-0.3, -0.25) is 4.79 Å². The monoisotopic (exact) mass is 521 g/mol. The first kappa shape index (κ1) is 26.8. The van der Waals surface area contributed by atoms with Crippen LogP contribution < -0.4 is 5.32 Å². The Morgan fingerprint density at radius 1 is 1.05 bits per heavy atom. The van der Waals surface area contributed by atoms with Gasteiger partial charge in [0.15, 0.2) is 10.7 Å².